The van der Waals surface area contributed by atoms with Crippen molar-refractivity contribution < 1.29 is 13.2 Å². The highest BCUT2D eigenvalue weighted by Crippen LogP contribution is 2.24. The minimum Gasteiger partial charge on any atom is -0.378 e. The molecular formula is C14H18N4O3S2. The molecule has 2 aromatic rings. The van der Waals surface area contributed by atoms with Crippen molar-refractivity contribution >= 4 is 33.0 Å². The summed E-state index contributed by atoms with van der Waals surface area (Å²) in [6.45, 7) is 4.76. The average molecular weight is 354 g/mol. The third-order valence-electron chi connectivity index (χ3n) is 3.43. The van der Waals surface area contributed by atoms with E-state index in [9.17, 15) is 8.42 Å². The number of hydrogen-bond donors (Lipinski definition) is 1. The molecule has 0 bridgehead atoms. The van der Waals surface area contributed by atoms with Crippen LogP contribution in [0.3, 0.4) is 0 Å². The van der Waals surface area contributed by atoms with E-state index in [2.05, 4.69) is 14.7 Å². The first-order valence-electron chi connectivity index (χ1n) is 7.35. The number of rotatable bonds is 5. The molecule has 7 nitrogen and oxygen atoms in total. The molecule has 1 saturated heterocycles. The molecule has 0 unspecified atom stereocenters. The molecule has 23 heavy (non-hydrogen) atoms. The molecule has 1 N–H and O–H groups in total. The molecule has 1 aliphatic heterocycles. The van der Waals surface area contributed by atoms with Crippen LogP contribution in [0.15, 0.2) is 28.7 Å². The van der Waals surface area contributed by atoms with Crippen molar-refractivity contribution in [2.75, 3.05) is 35.9 Å². The first kappa shape index (κ1) is 16.2. The molecule has 0 aromatic carbocycles. The quantitative estimate of drug-likeness (QED) is 0.880. The summed E-state index contributed by atoms with van der Waals surface area (Å²) in [7, 11) is -3.59. The van der Waals surface area contributed by atoms with Gasteiger partial charge in [-0.1, -0.05) is 6.92 Å². The Morgan fingerprint density at radius 2 is 1.96 bits per heavy atom. The summed E-state index contributed by atoms with van der Waals surface area (Å²) in [5.74, 6) is 0.584. The highest BCUT2D eigenvalue weighted by Gasteiger charge is 2.18. The summed E-state index contributed by atoms with van der Waals surface area (Å²) in [6, 6.07) is 3.45. The van der Waals surface area contributed by atoms with E-state index >= 15 is 0 Å². The summed E-state index contributed by atoms with van der Waals surface area (Å²) in [6.07, 6.45) is 3.80. The van der Waals surface area contributed by atoms with Crippen LogP contribution in [-0.2, 0) is 21.2 Å². The summed E-state index contributed by atoms with van der Waals surface area (Å²) < 4.78 is 32.8. The Morgan fingerprint density at radius 3 is 2.57 bits per heavy atom. The molecule has 1 aliphatic rings. The second kappa shape index (κ2) is 6.81. The van der Waals surface area contributed by atoms with Gasteiger partial charge < -0.3 is 9.64 Å². The smallest absolute Gasteiger partial charge is 0.271 e. The van der Waals surface area contributed by atoms with E-state index in [4.69, 9.17) is 4.74 Å². The van der Waals surface area contributed by atoms with Gasteiger partial charge in [0, 0.05) is 18.0 Å². The van der Waals surface area contributed by atoms with Gasteiger partial charge in [-0.15, -0.1) is 11.3 Å². The first-order chi connectivity index (χ1) is 11.1. The van der Waals surface area contributed by atoms with Gasteiger partial charge >= 0.3 is 0 Å². The molecule has 3 rings (SSSR count). The maximum atomic E-state index is 12.3. The Morgan fingerprint density at radius 1 is 1.26 bits per heavy atom. The predicted octanol–water partition coefficient (Wildman–Crippen LogP) is 1.74. The van der Waals surface area contributed by atoms with Gasteiger partial charge in [-0.2, -0.15) is 0 Å². The van der Waals surface area contributed by atoms with E-state index in [1.807, 2.05) is 17.9 Å². The van der Waals surface area contributed by atoms with E-state index < -0.39 is 10.0 Å². The largest absolute Gasteiger partial charge is 0.378 e. The fourth-order valence-corrected chi connectivity index (χ4v) is 4.52. The van der Waals surface area contributed by atoms with Crippen LogP contribution in [0.2, 0.25) is 0 Å². The minimum absolute atomic E-state index is 0.298. The zero-order valence-electron chi connectivity index (χ0n) is 12.7. The Kier molecular flexibility index (Phi) is 4.79. The van der Waals surface area contributed by atoms with E-state index in [0.717, 1.165) is 24.4 Å². The summed E-state index contributed by atoms with van der Waals surface area (Å²) in [5, 5.41) is 0. The number of morpholine rings is 1. The SMILES string of the molecule is CCc1ccc(S(=O)(=O)Nc2cnc(N3CCOCC3)nc2)s1. The lowest BCUT2D eigenvalue weighted by molar-refractivity contribution is 0.122. The van der Waals surface area contributed by atoms with E-state index in [1.165, 1.54) is 23.7 Å². The number of aryl methyl sites for hydroxylation is 1. The van der Waals surface area contributed by atoms with Crippen LogP contribution in [-0.4, -0.2) is 44.7 Å². The second-order valence-electron chi connectivity index (χ2n) is 5.05. The monoisotopic (exact) mass is 354 g/mol. The maximum Gasteiger partial charge on any atom is 0.271 e. The number of anilines is 2. The number of nitrogens with zero attached hydrogens (tertiary/aromatic N) is 3. The van der Waals surface area contributed by atoms with Crippen LogP contribution in [0.4, 0.5) is 11.6 Å². The Labute approximate surface area is 139 Å². The molecule has 1 fully saturated rings. The van der Waals surface area contributed by atoms with Gasteiger partial charge in [0.15, 0.2) is 0 Å². The lowest BCUT2D eigenvalue weighted by Gasteiger charge is -2.26. The van der Waals surface area contributed by atoms with Gasteiger partial charge in [-0.3, -0.25) is 4.72 Å². The summed E-state index contributed by atoms with van der Waals surface area (Å²) in [5.41, 5.74) is 0.355. The Hall–Kier alpha value is -1.71. The molecule has 0 aliphatic carbocycles. The molecule has 0 atom stereocenters. The van der Waals surface area contributed by atoms with Gasteiger partial charge in [0.05, 0.1) is 31.3 Å². The minimum atomic E-state index is -3.59. The van der Waals surface area contributed by atoms with Crippen molar-refractivity contribution in [3.8, 4) is 0 Å². The topological polar surface area (TPSA) is 84.4 Å². The van der Waals surface area contributed by atoms with Crippen molar-refractivity contribution in [2.24, 2.45) is 0 Å². The lowest BCUT2D eigenvalue weighted by Crippen LogP contribution is -2.37. The van der Waals surface area contributed by atoms with Crippen LogP contribution >= 0.6 is 11.3 Å². The Balaban J connectivity index is 1.72. The van der Waals surface area contributed by atoms with Crippen LogP contribution in [0.1, 0.15) is 11.8 Å². The fourth-order valence-electron chi connectivity index (χ4n) is 2.20. The molecule has 0 spiro atoms. The van der Waals surface area contributed by atoms with Crippen molar-refractivity contribution in [3.63, 3.8) is 0 Å². The third-order valence-corrected chi connectivity index (χ3v) is 6.54. The third kappa shape index (κ3) is 3.80. The number of ether oxygens (including phenoxy) is 1. The molecule has 0 saturated carbocycles. The number of hydrogen-bond acceptors (Lipinski definition) is 7. The van der Waals surface area contributed by atoms with Crippen molar-refractivity contribution in [3.05, 3.63) is 29.4 Å². The molecular weight excluding hydrogens is 336 g/mol. The fraction of sp³-hybridized carbons (Fsp3) is 0.429. The highest BCUT2D eigenvalue weighted by molar-refractivity contribution is 7.94. The number of nitrogens with one attached hydrogen (secondary N) is 1. The van der Waals surface area contributed by atoms with Gasteiger partial charge in [0.1, 0.15) is 4.21 Å². The highest BCUT2D eigenvalue weighted by atomic mass is 32.2. The molecule has 9 heteroatoms. The van der Waals surface area contributed by atoms with E-state index in [1.54, 1.807) is 6.07 Å². The first-order valence-corrected chi connectivity index (χ1v) is 9.65. The zero-order valence-corrected chi connectivity index (χ0v) is 14.4. The summed E-state index contributed by atoms with van der Waals surface area (Å²) >= 11 is 1.27. The second-order valence-corrected chi connectivity index (χ2v) is 8.13. The lowest BCUT2D eigenvalue weighted by atomic mass is 10.4. The zero-order chi connectivity index (χ0) is 16.3. The average Bonchev–Trinajstić information content (AvgIpc) is 3.06. The van der Waals surface area contributed by atoms with Gasteiger partial charge in [0.25, 0.3) is 10.0 Å². The van der Waals surface area contributed by atoms with Crippen molar-refractivity contribution in [1.29, 1.82) is 0 Å². The predicted molar refractivity (Wildman–Crippen MR) is 89.6 cm³/mol. The van der Waals surface area contributed by atoms with Gasteiger partial charge in [-0.25, -0.2) is 18.4 Å². The van der Waals surface area contributed by atoms with Gasteiger partial charge in [-0.05, 0) is 18.6 Å². The van der Waals surface area contributed by atoms with E-state index in [-0.39, 0.29) is 0 Å². The molecule has 2 aromatic heterocycles. The molecule has 124 valence electrons. The molecule has 0 amide bonds. The number of sulfonamides is 1. The van der Waals surface area contributed by atoms with Gasteiger partial charge in [0.2, 0.25) is 5.95 Å². The van der Waals surface area contributed by atoms with Crippen LogP contribution in [0.25, 0.3) is 0 Å². The van der Waals surface area contributed by atoms with Crippen LogP contribution in [0.5, 0.6) is 0 Å². The molecule has 0 radical (unpaired) electrons. The maximum absolute atomic E-state index is 12.3. The Bertz CT molecular complexity index is 753. The standard InChI is InChI=1S/C14H18N4O3S2/c1-2-12-3-4-13(22-12)23(19,20)17-11-9-15-14(16-10-11)18-5-7-21-8-6-18/h3-4,9-10,17H,2,5-8H2,1H3. The van der Waals surface area contributed by atoms with Crippen molar-refractivity contribution in [1.82, 2.24) is 9.97 Å². The van der Waals surface area contributed by atoms with Crippen molar-refractivity contribution in [2.45, 2.75) is 17.6 Å². The summed E-state index contributed by atoms with van der Waals surface area (Å²) in [4.78, 5) is 11.5. The number of aromatic nitrogens is 2. The normalized spacial score (nSPS) is 15.6. The van der Waals surface area contributed by atoms with Crippen LogP contribution < -0.4 is 9.62 Å². The molecule has 3 heterocycles. The van der Waals surface area contributed by atoms with E-state index in [0.29, 0.717) is 29.1 Å². The van der Waals surface area contributed by atoms with Crippen LogP contribution in [0, 0.1) is 0 Å². The number of thiophene rings is 1.